The van der Waals surface area contributed by atoms with E-state index in [9.17, 15) is 9.59 Å². The Labute approximate surface area is 177 Å². The number of halogens is 3. The molecule has 0 amide bonds. The molecule has 1 heterocycles. The second-order valence-corrected chi connectivity index (χ2v) is 7.45. The lowest BCUT2D eigenvalue weighted by Gasteiger charge is -2.19. The van der Waals surface area contributed by atoms with Gasteiger partial charge in [0.1, 0.15) is 5.69 Å². The minimum atomic E-state index is -0.535. The topological polar surface area (TPSA) is 62.4 Å². The number of H-pyrrole nitrogens is 1. The summed E-state index contributed by atoms with van der Waals surface area (Å²) >= 11 is 18.4. The molecular formula is C20H17Cl3N2O3. The minimum absolute atomic E-state index is 0.0277. The van der Waals surface area contributed by atoms with E-state index in [1.165, 1.54) is 0 Å². The fourth-order valence-electron chi connectivity index (χ4n) is 2.99. The maximum absolute atomic E-state index is 12.7. The van der Waals surface area contributed by atoms with Gasteiger partial charge < -0.3 is 14.6 Å². The van der Waals surface area contributed by atoms with Crippen LogP contribution in [0.4, 0.5) is 5.69 Å². The number of fused-ring (bicyclic) bond motifs is 1. The van der Waals surface area contributed by atoms with Gasteiger partial charge in [0.25, 0.3) is 0 Å². The number of anilines is 1. The largest absolute Gasteiger partial charge is 0.461 e. The van der Waals surface area contributed by atoms with Crippen LogP contribution in [0, 0.1) is 0 Å². The third-order valence-corrected chi connectivity index (χ3v) is 4.96. The number of carbonyl (C=O) groups is 2. The van der Waals surface area contributed by atoms with Crippen molar-refractivity contribution in [2.24, 2.45) is 0 Å². The summed E-state index contributed by atoms with van der Waals surface area (Å²) in [4.78, 5) is 29.8. The fraction of sp³-hybridized carbons (Fsp3) is 0.200. The Bertz CT molecular complexity index is 1050. The first-order valence-corrected chi connectivity index (χ1v) is 9.63. The third kappa shape index (κ3) is 4.12. The number of nitrogens with zero attached hydrogens (tertiary/aromatic N) is 1. The van der Waals surface area contributed by atoms with Crippen LogP contribution in [-0.4, -0.2) is 36.9 Å². The van der Waals surface area contributed by atoms with Gasteiger partial charge in [-0.15, -0.1) is 0 Å². The van der Waals surface area contributed by atoms with E-state index in [4.69, 9.17) is 39.5 Å². The molecule has 0 saturated carbocycles. The number of hydrogen-bond acceptors (Lipinski definition) is 4. The molecule has 28 heavy (non-hydrogen) atoms. The van der Waals surface area contributed by atoms with Gasteiger partial charge in [0.2, 0.25) is 0 Å². The van der Waals surface area contributed by atoms with Crippen molar-refractivity contribution in [1.29, 1.82) is 0 Å². The maximum Gasteiger partial charge on any atom is 0.356 e. The molecule has 0 bridgehead atoms. The van der Waals surface area contributed by atoms with E-state index >= 15 is 0 Å². The second kappa shape index (κ2) is 8.43. The van der Waals surface area contributed by atoms with Crippen LogP contribution in [0.2, 0.25) is 15.1 Å². The number of benzene rings is 2. The van der Waals surface area contributed by atoms with Crippen molar-refractivity contribution in [1.82, 2.24) is 4.98 Å². The number of ketones is 1. The highest BCUT2D eigenvalue weighted by Crippen LogP contribution is 2.38. The van der Waals surface area contributed by atoms with E-state index in [0.29, 0.717) is 37.2 Å². The van der Waals surface area contributed by atoms with Gasteiger partial charge in [-0.2, -0.15) is 0 Å². The number of carbonyl (C=O) groups excluding carboxylic acids is 2. The van der Waals surface area contributed by atoms with Gasteiger partial charge in [-0.1, -0.05) is 34.8 Å². The van der Waals surface area contributed by atoms with Crippen LogP contribution in [-0.2, 0) is 4.74 Å². The van der Waals surface area contributed by atoms with E-state index in [-0.39, 0.29) is 24.6 Å². The van der Waals surface area contributed by atoms with E-state index in [0.717, 1.165) is 0 Å². The number of hydrogen-bond donors (Lipinski definition) is 1. The molecule has 1 N–H and O–H groups in total. The van der Waals surface area contributed by atoms with Gasteiger partial charge in [-0.25, -0.2) is 4.79 Å². The highest BCUT2D eigenvalue weighted by molar-refractivity contribution is 6.40. The van der Waals surface area contributed by atoms with E-state index < -0.39 is 5.97 Å². The number of esters is 1. The molecule has 0 aliphatic rings. The van der Waals surface area contributed by atoms with Gasteiger partial charge in [0, 0.05) is 28.0 Å². The van der Waals surface area contributed by atoms with Crippen LogP contribution < -0.4 is 4.90 Å². The first-order valence-electron chi connectivity index (χ1n) is 8.49. The SMILES string of the molecule is CCOC(=O)c1[nH]c2cc(Cl)cc(Cl)c2c1N(C)CC(=O)c1ccc(Cl)cc1. The van der Waals surface area contributed by atoms with Crippen LogP contribution in [0.5, 0.6) is 0 Å². The number of likely N-dealkylation sites (N-methyl/N-ethyl adjacent to an activating group) is 1. The summed E-state index contributed by atoms with van der Waals surface area (Å²) in [6, 6.07) is 9.89. The number of aromatic nitrogens is 1. The molecule has 0 aliphatic carbocycles. The monoisotopic (exact) mass is 438 g/mol. The Kier molecular flexibility index (Phi) is 6.18. The molecule has 5 nitrogen and oxygen atoms in total. The van der Waals surface area contributed by atoms with Crippen molar-refractivity contribution in [3.63, 3.8) is 0 Å². The smallest absolute Gasteiger partial charge is 0.356 e. The van der Waals surface area contributed by atoms with Crippen molar-refractivity contribution in [3.05, 3.63) is 62.7 Å². The predicted octanol–water partition coefficient (Wildman–Crippen LogP) is 5.62. The van der Waals surface area contributed by atoms with Crippen LogP contribution in [0.25, 0.3) is 10.9 Å². The van der Waals surface area contributed by atoms with Crippen molar-refractivity contribution >= 4 is 63.1 Å². The number of ether oxygens (including phenoxy) is 1. The molecule has 0 atom stereocenters. The van der Waals surface area contributed by atoms with E-state index in [1.807, 2.05) is 0 Å². The molecule has 2 aromatic carbocycles. The van der Waals surface area contributed by atoms with Crippen LogP contribution in [0.3, 0.4) is 0 Å². The summed E-state index contributed by atoms with van der Waals surface area (Å²) in [6.07, 6.45) is 0. The average molecular weight is 440 g/mol. The number of aromatic amines is 1. The standard InChI is InChI=1S/C20H17Cl3N2O3/c1-3-28-20(27)18-19(17-14(23)8-13(22)9-15(17)24-18)25(2)10-16(26)11-4-6-12(21)7-5-11/h4-9,24H,3,10H2,1-2H3. The van der Waals surface area contributed by atoms with Crippen molar-refractivity contribution in [3.8, 4) is 0 Å². The fourth-order valence-corrected chi connectivity index (χ4v) is 3.69. The molecule has 3 aromatic rings. The average Bonchev–Trinajstić information content (AvgIpc) is 3.02. The molecule has 146 valence electrons. The molecule has 8 heteroatoms. The van der Waals surface area contributed by atoms with Crippen LogP contribution >= 0.6 is 34.8 Å². The molecule has 1 aromatic heterocycles. The zero-order chi connectivity index (χ0) is 20.4. The number of nitrogens with one attached hydrogen (secondary N) is 1. The Hall–Kier alpha value is -2.21. The Morgan fingerprint density at radius 3 is 2.39 bits per heavy atom. The van der Waals surface area contributed by atoms with Crippen molar-refractivity contribution < 1.29 is 14.3 Å². The summed E-state index contributed by atoms with van der Waals surface area (Å²) in [5.74, 6) is -0.667. The van der Waals surface area contributed by atoms with E-state index in [1.54, 1.807) is 55.3 Å². The molecule has 0 radical (unpaired) electrons. The molecular weight excluding hydrogens is 423 g/mol. The molecule has 0 saturated heterocycles. The molecule has 3 rings (SSSR count). The summed E-state index contributed by atoms with van der Waals surface area (Å²) in [6.45, 7) is 1.97. The Balaban J connectivity index is 2.04. The lowest BCUT2D eigenvalue weighted by molar-refractivity contribution is 0.0521. The van der Waals surface area contributed by atoms with Crippen molar-refractivity contribution in [2.45, 2.75) is 6.92 Å². The molecule has 0 fully saturated rings. The molecule has 0 unspecified atom stereocenters. The second-order valence-electron chi connectivity index (χ2n) is 6.17. The molecule has 0 aliphatic heterocycles. The summed E-state index contributed by atoms with van der Waals surface area (Å²) in [7, 11) is 1.71. The van der Waals surface area contributed by atoms with Crippen LogP contribution in [0.1, 0.15) is 27.8 Å². The molecule has 0 spiro atoms. The number of Topliss-reactive ketones (excluding diaryl/α,β-unsaturated/α-hetero) is 1. The highest BCUT2D eigenvalue weighted by Gasteiger charge is 2.25. The van der Waals surface area contributed by atoms with Gasteiger partial charge in [0.15, 0.2) is 5.78 Å². The maximum atomic E-state index is 12.7. The predicted molar refractivity (Wildman–Crippen MR) is 113 cm³/mol. The summed E-state index contributed by atoms with van der Waals surface area (Å²) < 4.78 is 5.15. The number of rotatable bonds is 6. The van der Waals surface area contributed by atoms with Gasteiger partial charge in [0.05, 0.1) is 29.4 Å². The minimum Gasteiger partial charge on any atom is -0.461 e. The summed E-state index contributed by atoms with van der Waals surface area (Å²) in [5.41, 5.74) is 1.80. The van der Waals surface area contributed by atoms with Gasteiger partial charge in [-0.05, 0) is 43.3 Å². The van der Waals surface area contributed by atoms with Gasteiger partial charge >= 0.3 is 5.97 Å². The van der Waals surface area contributed by atoms with E-state index in [2.05, 4.69) is 4.98 Å². The van der Waals surface area contributed by atoms with Gasteiger partial charge in [-0.3, -0.25) is 4.79 Å². The zero-order valence-electron chi connectivity index (χ0n) is 15.2. The lowest BCUT2D eigenvalue weighted by Crippen LogP contribution is -2.27. The zero-order valence-corrected chi connectivity index (χ0v) is 17.5. The first kappa shape index (κ1) is 20.5. The first-order chi connectivity index (χ1) is 13.3. The third-order valence-electron chi connectivity index (χ3n) is 4.20. The highest BCUT2D eigenvalue weighted by atomic mass is 35.5. The Morgan fingerprint density at radius 2 is 1.75 bits per heavy atom. The summed E-state index contributed by atoms with van der Waals surface area (Å²) in [5, 5.41) is 1.95. The quantitative estimate of drug-likeness (QED) is 0.400. The normalized spacial score (nSPS) is 10.9. The lowest BCUT2D eigenvalue weighted by atomic mass is 10.1. The van der Waals surface area contributed by atoms with Crippen molar-refractivity contribution in [2.75, 3.05) is 25.1 Å². The Morgan fingerprint density at radius 1 is 1.07 bits per heavy atom. The van der Waals surface area contributed by atoms with Crippen LogP contribution in [0.15, 0.2) is 36.4 Å².